The van der Waals surface area contributed by atoms with Crippen LogP contribution in [0.2, 0.25) is 0 Å². The van der Waals surface area contributed by atoms with E-state index >= 15 is 0 Å². The summed E-state index contributed by atoms with van der Waals surface area (Å²) in [6.07, 6.45) is 3.97. The van der Waals surface area contributed by atoms with Gasteiger partial charge in [-0.3, -0.25) is 5.26 Å². The van der Waals surface area contributed by atoms with Gasteiger partial charge in [0.15, 0.2) is 6.79 Å². The molecule has 0 unspecified atom stereocenters. The van der Waals surface area contributed by atoms with E-state index in [9.17, 15) is 19.2 Å². The number of hydrogen-bond acceptors (Lipinski definition) is 10. The number of ether oxygens (including phenoxy) is 4. The fraction of sp³-hybridized carbons (Fsp3) is 0.333. The highest BCUT2D eigenvalue weighted by atomic mass is 17.1. The average molecular weight is 390 g/mol. The fourth-order valence-electron chi connectivity index (χ4n) is 1.19. The fourth-order valence-corrected chi connectivity index (χ4v) is 1.19. The van der Waals surface area contributed by atoms with Crippen LogP contribution < -0.4 is 0 Å². The van der Waals surface area contributed by atoms with E-state index in [0.717, 1.165) is 6.26 Å². The third-order valence-corrected chi connectivity index (χ3v) is 2.28. The lowest BCUT2D eigenvalue weighted by atomic mass is 10.4. The molecule has 0 saturated heterocycles. The van der Waals surface area contributed by atoms with Crippen LogP contribution in [0.3, 0.4) is 0 Å². The van der Waals surface area contributed by atoms with Gasteiger partial charge in [0.05, 0.1) is 6.26 Å². The van der Waals surface area contributed by atoms with Crippen LogP contribution in [0.4, 0.5) is 0 Å². The van der Waals surface area contributed by atoms with Crippen molar-refractivity contribution in [3.05, 3.63) is 36.6 Å². The second-order valence-electron chi connectivity index (χ2n) is 4.34. The zero-order chi connectivity index (χ0) is 20.5. The summed E-state index contributed by atoms with van der Waals surface area (Å²) in [6, 6.07) is 0. The van der Waals surface area contributed by atoms with E-state index in [1.165, 1.54) is 6.08 Å². The summed E-state index contributed by atoms with van der Waals surface area (Å²) in [5.41, 5.74) is 0. The number of rotatable bonds is 14. The summed E-state index contributed by atoms with van der Waals surface area (Å²) in [5, 5.41) is 24.9. The van der Waals surface area contributed by atoms with E-state index in [4.69, 9.17) is 34.4 Å². The Hall–Kier alpha value is -3.22. The molecule has 27 heavy (non-hydrogen) atoms. The summed E-state index contributed by atoms with van der Waals surface area (Å²) < 4.78 is 19.5. The predicted molar refractivity (Wildman–Crippen MR) is 84.0 cm³/mol. The first-order chi connectivity index (χ1) is 12.8. The predicted octanol–water partition coefficient (Wildman–Crippen LogP) is -0.283. The number of carbonyl (C=O) groups is 4. The minimum Gasteiger partial charge on any atom is -0.478 e. The molecular formula is C15H18O12. The lowest BCUT2D eigenvalue weighted by Gasteiger charge is -2.16. The molecule has 12 heteroatoms. The van der Waals surface area contributed by atoms with Crippen LogP contribution in [0.15, 0.2) is 36.6 Å². The summed E-state index contributed by atoms with van der Waals surface area (Å²) in [5.74, 6) is -4.62. The molecule has 0 heterocycles. The highest BCUT2D eigenvalue weighted by Crippen LogP contribution is 1.99. The number of esters is 2. The van der Waals surface area contributed by atoms with Gasteiger partial charge < -0.3 is 29.2 Å². The van der Waals surface area contributed by atoms with E-state index in [2.05, 4.69) is 4.89 Å². The Balaban J connectivity index is 4.50. The van der Waals surface area contributed by atoms with E-state index in [1.807, 2.05) is 0 Å². The Bertz CT molecular complexity index is 537. The molecule has 0 bridgehead atoms. The van der Waals surface area contributed by atoms with Gasteiger partial charge in [-0.2, -0.15) is 0 Å². The second kappa shape index (κ2) is 15.1. The van der Waals surface area contributed by atoms with Crippen LogP contribution in [0, 0.1) is 0 Å². The first-order valence-electron chi connectivity index (χ1n) is 7.15. The van der Waals surface area contributed by atoms with Crippen LogP contribution in [-0.4, -0.2) is 72.1 Å². The van der Waals surface area contributed by atoms with Gasteiger partial charge in [-0.05, 0) is 6.08 Å². The zero-order valence-electron chi connectivity index (χ0n) is 13.9. The normalized spacial score (nSPS) is 12.3. The molecule has 0 amide bonds. The molecule has 0 aromatic carbocycles. The smallest absolute Gasteiger partial charge is 0.331 e. The summed E-state index contributed by atoms with van der Waals surface area (Å²) in [7, 11) is 0. The third kappa shape index (κ3) is 16.0. The highest BCUT2D eigenvalue weighted by Gasteiger charge is 2.14. The van der Waals surface area contributed by atoms with E-state index in [0.29, 0.717) is 24.3 Å². The Morgan fingerprint density at radius 1 is 0.852 bits per heavy atom. The van der Waals surface area contributed by atoms with Crippen LogP contribution in [0.25, 0.3) is 0 Å². The average Bonchev–Trinajstić information content (AvgIpc) is 2.62. The van der Waals surface area contributed by atoms with Gasteiger partial charge in [0, 0.05) is 24.3 Å². The van der Waals surface area contributed by atoms with Crippen LogP contribution in [0.1, 0.15) is 0 Å². The number of carbonyl (C=O) groups excluding carboxylic acids is 2. The topological polar surface area (TPSA) is 175 Å². The molecule has 0 radical (unpaired) electrons. The second-order valence-corrected chi connectivity index (χ2v) is 4.34. The maximum Gasteiger partial charge on any atom is 0.331 e. The molecule has 0 rings (SSSR count). The first-order valence-corrected chi connectivity index (χ1v) is 7.15. The summed E-state index contributed by atoms with van der Waals surface area (Å²) in [4.78, 5) is 47.0. The largest absolute Gasteiger partial charge is 0.478 e. The SMILES string of the molecule is O=C(O)C=CC(=O)OCC(COC(=O)C=CC(=O)O)OCOC=CCOO. The molecule has 0 spiro atoms. The Morgan fingerprint density at radius 3 is 1.81 bits per heavy atom. The standard InChI is InChI=1S/C15H18O12/c16-12(17)2-4-14(20)24-8-11(26-10-23-6-1-7-27-22)9-25-15(21)5-3-13(18)19/h1-6,11,22H,7-10H2,(H,16,17)(H,18,19). The van der Waals surface area contributed by atoms with Crippen molar-refractivity contribution in [2.75, 3.05) is 26.6 Å². The van der Waals surface area contributed by atoms with Crippen molar-refractivity contribution in [2.24, 2.45) is 0 Å². The van der Waals surface area contributed by atoms with Crippen LogP contribution >= 0.6 is 0 Å². The number of carboxylic acid groups (broad SMARTS) is 2. The molecule has 150 valence electrons. The van der Waals surface area contributed by atoms with Crippen LogP contribution in [-0.2, 0) is 43.0 Å². The van der Waals surface area contributed by atoms with Crippen LogP contribution in [0.5, 0.6) is 0 Å². The van der Waals surface area contributed by atoms with E-state index < -0.39 is 43.2 Å². The minimum atomic E-state index is -1.34. The van der Waals surface area contributed by atoms with Gasteiger partial charge >= 0.3 is 23.9 Å². The molecule has 0 aliphatic carbocycles. The van der Waals surface area contributed by atoms with Gasteiger partial charge in [-0.15, -0.1) is 0 Å². The molecule has 12 nitrogen and oxygen atoms in total. The number of carboxylic acids is 2. The molecule has 0 aliphatic rings. The summed E-state index contributed by atoms with van der Waals surface area (Å²) >= 11 is 0. The number of hydrogen-bond donors (Lipinski definition) is 3. The molecule has 0 saturated carbocycles. The Morgan fingerprint density at radius 2 is 1.37 bits per heavy atom. The lowest BCUT2D eigenvalue weighted by molar-refractivity contribution is -0.232. The Kier molecular flexibility index (Phi) is 13.3. The van der Waals surface area contributed by atoms with Gasteiger partial charge in [0.2, 0.25) is 0 Å². The van der Waals surface area contributed by atoms with Crippen molar-refractivity contribution >= 4 is 23.9 Å². The van der Waals surface area contributed by atoms with Crippen molar-refractivity contribution in [3.63, 3.8) is 0 Å². The molecule has 0 atom stereocenters. The van der Waals surface area contributed by atoms with Crippen molar-refractivity contribution in [1.29, 1.82) is 0 Å². The maximum atomic E-state index is 11.3. The molecule has 3 N–H and O–H groups in total. The quantitative estimate of drug-likeness (QED) is 0.0673. The monoisotopic (exact) mass is 390 g/mol. The molecule has 0 aromatic rings. The molecular weight excluding hydrogens is 372 g/mol. The van der Waals surface area contributed by atoms with E-state index in [-0.39, 0.29) is 13.4 Å². The molecule has 0 fully saturated rings. The van der Waals surface area contributed by atoms with Crippen molar-refractivity contribution in [3.8, 4) is 0 Å². The van der Waals surface area contributed by atoms with Gasteiger partial charge in [-0.25, -0.2) is 24.1 Å². The van der Waals surface area contributed by atoms with Crippen molar-refractivity contribution < 1.29 is 58.5 Å². The van der Waals surface area contributed by atoms with Gasteiger partial charge in [0.1, 0.15) is 25.9 Å². The highest BCUT2D eigenvalue weighted by molar-refractivity contribution is 5.91. The van der Waals surface area contributed by atoms with Gasteiger partial charge in [0.25, 0.3) is 0 Å². The first kappa shape index (κ1) is 23.8. The third-order valence-electron chi connectivity index (χ3n) is 2.28. The molecule has 0 aliphatic heterocycles. The minimum absolute atomic E-state index is 0.121. The van der Waals surface area contributed by atoms with Gasteiger partial charge in [-0.1, -0.05) is 0 Å². The van der Waals surface area contributed by atoms with E-state index in [1.54, 1.807) is 0 Å². The lowest BCUT2D eigenvalue weighted by Crippen LogP contribution is -2.28. The molecule has 0 aromatic heterocycles. The number of aliphatic carboxylic acids is 2. The zero-order valence-corrected chi connectivity index (χ0v) is 13.9. The van der Waals surface area contributed by atoms with Crippen molar-refractivity contribution in [1.82, 2.24) is 0 Å². The van der Waals surface area contributed by atoms with Crippen molar-refractivity contribution in [2.45, 2.75) is 6.10 Å². The summed E-state index contributed by atoms with van der Waals surface area (Å²) in [6.45, 7) is -1.29. The maximum absolute atomic E-state index is 11.3. The Labute approximate surface area is 152 Å².